The lowest BCUT2D eigenvalue weighted by Crippen LogP contribution is -2.13. The number of nitrogens with one attached hydrogen (secondary N) is 1. The van der Waals surface area contributed by atoms with E-state index in [0.717, 1.165) is 32.5 Å². The van der Waals surface area contributed by atoms with Crippen molar-refractivity contribution in [2.45, 2.75) is 13.8 Å². The fourth-order valence-electron chi connectivity index (χ4n) is 2.88. The molecular formula is C21H17BrN4O. The van der Waals surface area contributed by atoms with E-state index >= 15 is 0 Å². The maximum Gasteiger partial charge on any atom is 0.256 e. The van der Waals surface area contributed by atoms with Crippen LogP contribution in [0.4, 0.5) is 5.69 Å². The van der Waals surface area contributed by atoms with Gasteiger partial charge in [-0.15, -0.1) is 0 Å². The van der Waals surface area contributed by atoms with Gasteiger partial charge in [-0.1, -0.05) is 24.3 Å². The molecule has 4 rings (SSSR count). The number of amides is 1. The molecule has 0 saturated heterocycles. The monoisotopic (exact) mass is 420 g/mol. The van der Waals surface area contributed by atoms with Crippen molar-refractivity contribution in [1.82, 2.24) is 14.4 Å². The second-order valence-corrected chi connectivity index (χ2v) is 7.28. The van der Waals surface area contributed by atoms with Gasteiger partial charge in [0.1, 0.15) is 0 Å². The minimum absolute atomic E-state index is 0.157. The molecule has 0 saturated carbocycles. The summed E-state index contributed by atoms with van der Waals surface area (Å²) in [7, 11) is 0. The van der Waals surface area contributed by atoms with Gasteiger partial charge in [-0.2, -0.15) is 0 Å². The number of carbonyl (C=O) groups excluding carboxylic acids is 1. The van der Waals surface area contributed by atoms with Crippen LogP contribution < -0.4 is 5.32 Å². The Kier molecular flexibility index (Phi) is 4.49. The molecule has 0 aliphatic rings. The zero-order valence-corrected chi connectivity index (χ0v) is 16.5. The molecule has 0 radical (unpaired) electrons. The predicted molar refractivity (Wildman–Crippen MR) is 110 cm³/mol. The zero-order valence-electron chi connectivity index (χ0n) is 14.9. The number of halogens is 1. The first kappa shape index (κ1) is 17.4. The van der Waals surface area contributed by atoms with Crippen LogP contribution in [0, 0.1) is 13.8 Å². The molecule has 2 aromatic carbocycles. The van der Waals surface area contributed by atoms with Crippen LogP contribution in [0.1, 0.15) is 21.5 Å². The number of nitrogens with zero attached hydrogens (tertiary/aromatic N) is 3. The van der Waals surface area contributed by atoms with Crippen LogP contribution in [0.5, 0.6) is 0 Å². The second-order valence-electron chi connectivity index (χ2n) is 6.43. The van der Waals surface area contributed by atoms with E-state index in [2.05, 4.69) is 31.2 Å². The first-order valence-corrected chi connectivity index (χ1v) is 9.29. The molecule has 4 aromatic rings. The molecule has 0 atom stereocenters. The van der Waals surface area contributed by atoms with Crippen molar-refractivity contribution < 1.29 is 4.79 Å². The number of benzene rings is 2. The van der Waals surface area contributed by atoms with Crippen LogP contribution in [0.15, 0.2) is 65.5 Å². The highest BCUT2D eigenvalue weighted by Gasteiger charge is 2.13. The van der Waals surface area contributed by atoms with Crippen molar-refractivity contribution in [3.05, 3.63) is 82.2 Å². The number of hydrogen-bond acceptors (Lipinski definition) is 3. The average Bonchev–Trinajstić information content (AvgIpc) is 3.07. The number of carbonyl (C=O) groups is 1. The second kappa shape index (κ2) is 6.96. The molecule has 0 unspecified atom stereocenters. The van der Waals surface area contributed by atoms with E-state index in [9.17, 15) is 4.79 Å². The molecule has 0 bridgehead atoms. The van der Waals surface area contributed by atoms with E-state index in [4.69, 9.17) is 0 Å². The molecule has 5 nitrogen and oxygen atoms in total. The topological polar surface area (TPSA) is 59.3 Å². The maximum atomic E-state index is 12.6. The normalized spacial score (nSPS) is 10.9. The Morgan fingerprint density at radius 2 is 1.93 bits per heavy atom. The quantitative estimate of drug-likeness (QED) is 0.505. The average molecular weight is 421 g/mol. The Hall–Kier alpha value is -2.99. The molecular weight excluding hydrogens is 404 g/mol. The van der Waals surface area contributed by atoms with E-state index < -0.39 is 0 Å². The van der Waals surface area contributed by atoms with Gasteiger partial charge < -0.3 is 5.32 Å². The summed E-state index contributed by atoms with van der Waals surface area (Å²) in [5.74, 6) is 0.491. The lowest BCUT2D eigenvalue weighted by molar-refractivity contribution is 0.102. The first-order chi connectivity index (χ1) is 13.0. The summed E-state index contributed by atoms with van der Waals surface area (Å²) in [6.45, 7) is 3.96. The summed E-state index contributed by atoms with van der Waals surface area (Å²) < 4.78 is 2.67. The van der Waals surface area contributed by atoms with Crippen LogP contribution in [0.2, 0.25) is 0 Å². The highest BCUT2D eigenvalue weighted by Crippen LogP contribution is 2.26. The van der Waals surface area contributed by atoms with Gasteiger partial charge in [0.15, 0.2) is 0 Å². The SMILES string of the molecule is Cc1cnc2nc(-c3ccc(C)c(NC(=O)c4ccccc4Br)c3)cn2c1. The van der Waals surface area contributed by atoms with Gasteiger partial charge >= 0.3 is 0 Å². The maximum absolute atomic E-state index is 12.6. The third kappa shape index (κ3) is 3.48. The third-order valence-corrected chi connectivity index (χ3v) is 5.03. The Bertz CT molecular complexity index is 1170. The first-order valence-electron chi connectivity index (χ1n) is 8.49. The Balaban J connectivity index is 1.68. The van der Waals surface area contributed by atoms with Gasteiger partial charge in [-0.25, -0.2) is 9.97 Å². The number of imidazole rings is 1. The van der Waals surface area contributed by atoms with E-state index in [1.165, 1.54) is 0 Å². The lowest BCUT2D eigenvalue weighted by atomic mass is 10.1. The number of aryl methyl sites for hydroxylation is 2. The summed E-state index contributed by atoms with van der Waals surface area (Å²) in [6.07, 6.45) is 5.73. The molecule has 0 aliphatic heterocycles. The van der Waals surface area contributed by atoms with Crippen molar-refractivity contribution in [1.29, 1.82) is 0 Å². The van der Waals surface area contributed by atoms with Crippen LogP contribution in [-0.2, 0) is 0 Å². The van der Waals surface area contributed by atoms with Crippen molar-refractivity contribution in [2.75, 3.05) is 5.32 Å². The highest BCUT2D eigenvalue weighted by molar-refractivity contribution is 9.10. The van der Waals surface area contributed by atoms with E-state index in [-0.39, 0.29) is 5.91 Å². The van der Waals surface area contributed by atoms with Crippen LogP contribution in [0.3, 0.4) is 0 Å². The van der Waals surface area contributed by atoms with Crippen LogP contribution >= 0.6 is 15.9 Å². The summed E-state index contributed by atoms with van der Waals surface area (Å²) in [5, 5.41) is 3.00. The van der Waals surface area contributed by atoms with Gasteiger partial charge in [0.2, 0.25) is 5.78 Å². The molecule has 0 fully saturated rings. The zero-order chi connectivity index (χ0) is 19.0. The van der Waals surface area contributed by atoms with Gasteiger partial charge in [0.25, 0.3) is 5.91 Å². The van der Waals surface area contributed by atoms with Crippen molar-refractivity contribution in [3.63, 3.8) is 0 Å². The Labute approximate surface area is 165 Å². The van der Waals surface area contributed by atoms with Crippen molar-refractivity contribution in [3.8, 4) is 11.3 Å². The molecule has 0 aliphatic carbocycles. The molecule has 27 heavy (non-hydrogen) atoms. The lowest BCUT2D eigenvalue weighted by Gasteiger charge is -2.11. The summed E-state index contributed by atoms with van der Waals surface area (Å²) >= 11 is 3.42. The van der Waals surface area contributed by atoms with E-state index in [1.54, 1.807) is 12.3 Å². The number of aromatic nitrogens is 3. The fraction of sp³-hybridized carbons (Fsp3) is 0.0952. The van der Waals surface area contributed by atoms with E-state index in [0.29, 0.717) is 11.3 Å². The summed E-state index contributed by atoms with van der Waals surface area (Å²) in [5.41, 5.74) is 5.13. The molecule has 1 amide bonds. The molecule has 2 heterocycles. The van der Waals surface area contributed by atoms with Gasteiger partial charge in [0.05, 0.1) is 11.3 Å². The standard InChI is InChI=1S/C21H17BrN4O/c1-13-10-23-21-25-19(12-26(21)11-13)15-8-7-14(2)18(9-15)24-20(27)16-5-3-4-6-17(16)22/h3-12H,1-2H3,(H,24,27). The van der Waals surface area contributed by atoms with Gasteiger partial charge in [0, 0.05) is 34.3 Å². The number of anilines is 1. The largest absolute Gasteiger partial charge is 0.322 e. The summed E-state index contributed by atoms with van der Waals surface area (Å²) in [4.78, 5) is 21.6. The minimum Gasteiger partial charge on any atom is -0.322 e. The highest BCUT2D eigenvalue weighted by atomic mass is 79.9. The van der Waals surface area contributed by atoms with Gasteiger partial charge in [-0.05, 0) is 59.1 Å². The van der Waals surface area contributed by atoms with Crippen molar-refractivity contribution in [2.24, 2.45) is 0 Å². The van der Waals surface area contributed by atoms with Crippen LogP contribution in [0.25, 0.3) is 17.0 Å². The van der Waals surface area contributed by atoms with Gasteiger partial charge in [-0.3, -0.25) is 9.20 Å². The molecule has 0 spiro atoms. The predicted octanol–water partition coefficient (Wildman–Crippen LogP) is 5.03. The van der Waals surface area contributed by atoms with Crippen LogP contribution in [-0.4, -0.2) is 20.3 Å². The van der Waals surface area contributed by atoms with E-state index in [1.807, 2.05) is 67.0 Å². The minimum atomic E-state index is -0.157. The molecule has 134 valence electrons. The number of fused-ring (bicyclic) bond motifs is 1. The molecule has 2 aromatic heterocycles. The number of rotatable bonds is 3. The summed E-state index contributed by atoms with van der Waals surface area (Å²) in [6, 6.07) is 13.3. The molecule has 1 N–H and O–H groups in total. The fourth-order valence-corrected chi connectivity index (χ4v) is 3.34. The third-order valence-electron chi connectivity index (χ3n) is 4.34. The Morgan fingerprint density at radius 1 is 1.11 bits per heavy atom. The van der Waals surface area contributed by atoms with Crippen molar-refractivity contribution >= 4 is 33.3 Å². The smallest absolute Gasteiger partial charge is 0.256 e. The Morgan fingerprint density at radius 3 is 2.74 bits per heavy atom. The molecule has 6 heteroatoms. The number of hydrogen-bond donors (Lipinski definition) is 1.